The zero-order valence-electron chi connectivity index (χ0n) is 11.0. The van der Waals surface area contributed by atoms with Crippen LogP contribution in [0.5, 0.6) is 0 Å². The molecule has 1 N–H and O–H groups in total. The highest BCUT2D eigenvalue weighted by molar-refractivity contribution is 5.86. The summed E-state index contributed by atoms with van der Waals surface area (Å²) in [4.78, 5) is 14.4. The van der Waals surface area contributed by atoms with Crippen molar-refractivity contribution in [2.45, 2.75) is 43.7 Å². The van der Waals surface area contributed by atoms with Gasteiger partial charge >= 0.3 is 0 Å². The van der Waals surface area contributed by atoms with Crippen LogP contribution >= 0.6 is 0 Å². The third-order valence-electron chi connectivity index (χ3n) is 5.41. The van der Waals surface area contributed by atoms with Crippen LogP contribution < -0.4 is 0 Å². The van der Waals surface area contributed by atoms with Crippen LogP contribution in [-0.2, 0) is 16.8 Å². The number of fused-ring (bicyclic) bond motifs is 1. The standard InChI is InChI=1S/C16H19NO2/c18-14-13-7-3-4-9-16(13)12-6-2-1-5-11(12)8-10-17(16)15(14)19/h1-2,5-6,13-14,18H,3-4,7-10H2/t13-,14+,16+/m0/s1. The predicted octanol–water partition coefficient (Wildman–Crippen LogP) is 1.83. The van der Waals surface area contributed by atoms with E-state index in [2.05, 4.69) is 24.3 Å². The van der Waals surface area contributed by atoms with Crippen LogP contribution in [-0.4, -0.2) is 28.6 Å². The number of hydrogen-bond acceptors (Lipinski definition) is 2. The van der Waals surface area contributed by atoms with Crippen molar-refractivity contribution in [3.8, 4) is 0 Å². The maximum atomic E-state index is 12.4. The SMILES string of the molecule is O=C1[C@H](O)[C@@H]2CCCC[C@@]23c2ccccc2CCN13. The summed E-state index contributed by atoms with van der Waals surface area (Å²) in [7, 11) is 0. The first kappa shape index (κ1) is 11.5. The van der Waals surface area contributed by atoms with Crippen molar-refractivity contribution in [2.75, 3.05) is 6.54 Å². The molecule has 1 amide bonds. The Balaban J connectivity index is 1.95. The number of hydrogen-bond donors (Lipinski definition) is 1. The summed E-state index contributed by atoms with van der Waals surface area (Å²) < 4.78 is 0. The molecule has 0 radical (unpaired) electrons. The highest BCUT2D eigenvalue weighted by atomic mass is 16.3. The fourth-order valence-electron chi connectivity index (χ4n) is 4.65. The van der Waals surface area contributed by atoms with Crippen molar-refractivity contribution >= 4 is 5.91 Å². The summed E-state index contributed by atoms with van der Waals surface area (Å²) in [5.41, 5.74) is 2.47. The largest absolute Gasteiger partial charge is 0.383 e. The molecule has 3 atom stereocenters. The van der Waals surface area contributed by atoms with Gasteiger partial charge in [0.05, 0.1) is 5.54 Å². The van der Waals surface area contributed by atoms with Crippen molar-refractivity contribution in [3.63, 3.8) is 0 Å². The number of amides is 1. The highest BCUT2D eigenvalue weighted by Crippen LogP contribution is 2.54. The summed E-state index contributed by atoms with van der Waals surface area (Å²) >= 11 is 0. The van der Waals surface area contributed by atoms with Crippen LogP contribution in [0.15, 0.2) is 24.3 Å². The summed E-state index contributed by atoms with van der Waals surface area (Å²) in [6, 6.07) is 8.50. The molecule has 1 aromatic carbocycles. The predicted molar refractivity (Wildman–Crippen MR) is 71.5 cm³/mol. The van der Waals surface area contributed by atoms with E-state index in [1.807, 2.05) is 4.90 Å². The molecule has 1 aliphatic carbocycles. The molecule has 3 aliphatic rings. The van der Waals surface area contributed by atoms with Crippen molar-refractivity contribution in [3.05, 3.63) is 35.4 Å². The third kappa shape index (κ3) is 1.29. The van der Waals surface area contributed by atoms with E-state index in [9.17, 15) is 9.90 Å². The number of aliphatic hydroxyl groups is 1. The van der Waals surface area contributed by atoms with E-state index in [4.69, 9.17) is 0 Å². The van der Waals surface area contributed by atoms with Gasteiger partial charge in [0, 0.05) is 12.5 Å². The van der Waals surface area contributed by atoms with Crippen molar-refractivity contribution in [2.24, 2.45) is 5.92 Å². The van der Waals surface area contributed by atoms with Gasteiger partial charge in [-0.2, -0.15) is 0 Å². The van der Waals surface area contributed by atoms with Crippen LogP contribution in [0, 0.1) is 5.92 Å². The molecule has 0 bridgehead atoms. The van der Waals surface area contributed by atoms with Crippen LogP contribution in [0.4, 0.5) is 0 Å². The summed E-state index contributed by atoms with van der Waals surface area (Å²) in [6.45, 7) is 0.767. The number of benzene rings is 1. The molecule has 1 saturated carbocycles. The van der Waals surface area contributed by atoms with Gasteiger partial charge in [-0.1, -0.05) is 37.1 Å². The Morgan fingerprint density at radius 2 is 2.11 bits per heavy atom. The molecule has 0 aromatic heterocycles. The fraction of sp³-hybridized carbons (Fsp3) is 0.562. The zero-order valence-corrected chi connectivity index (χ0v) is 11.0. The van der Waals surface area contributed by atoms with E-state index >= 15 is 0 Å². The lowest BCUT2D eigenvalue weighted by Gasteiger charge is -2.49. The maximum Gasteiger partial charge on any atom is 0.252 e. The molecule has 4 rings (SSSR count). The van der Waals surface area contributed by atoms with Gasteiger partial charge in [0.2, 0.25) is 0 Å². The van der Waals surface area contributed by atoms with E-state index in [0.29, 0.717) is 0 Å². The van der Waals surface area contributed by atoms with Gasteiger partial charge < -0.3 is 10.0 Å². The molecular formula is C16H19NO2. The molecule has 1 spiro atoms. The smallest absolute Gasteiger partial charge is 0.252 e. The van der Waals surface area contributed by atoms with Crippen molar-refractivity contribution in [1.29, 1.82) is 0 Å². The van der Waals surface area contributed by atoms with Gasteiger partial charge in [-0.15, -0.1) is 0 Å². The molecule has 2 heterocycles. The van der Waals surface area contributed by atoms with Crippen molar-refractivity contribution in [1.82, 2.24) is 4.90 Å². The van der Waals surface area contributed by atoms with Gasteiger partial charge in [0.25, 0.3) is 5.91 Å². The Morgan fingerprint density at radius 3 is 3.00 bits per heavy atom. The van der Waals surface area contributed by atoms with Gasteiger partial charge in [-0.25, -0.2) is 0 Å². The lowest BCUT2D eigenvalue weighted by molar-refractivity contribution is -0.137. The quantitative estimate of drug-likeness (QED) is 0.770. The average molecular weight is 257 g/mol. The molecule has 3 nitrogen and oxygen atoms in total. The van der Waals surface area contributed by atoms with Crippen LogP contribution in [0.2, 0.25) is 0 Å². The maximum absolute atomic E-state index is 12.4. The first-order valence-corrected chi connectivity index (χ1v) is 7.33. The van der Waals surface area contributed by atoms with Crippen LogP contribution in [0.3, 0.4) is 0 Å². The summed E-state index contributed by atoms with van der Waals surface area (Å²) in [5.74, 6) is 0.0524. The number of carbonyl (C=O) groups excluding carboxylic acids is 1. The molecule has 1 saturated heterocycles. The van der Waals surface area contributed by atoms with E-state index in [1.165, 1.54) is 11.1 Å². The lowest BCUT2D eigenvalue weighted by Crippen LogP contribution is -2.52. The van der Waals surface area contributed by atoms with E-state index < -0.39 is 6.10 Å². The Bertz CT molecular complexity index is 541. The summed E-state index contributed by atoms with van der Waals surface area (Å²) in [6.07, 6.45) is 4.40. The minimum Gasteiger partial charge on any atom is -0.383 e. The topological polar surface area (TPSA) is 40.5 Å². The average Bonchev–Trinajstić information content (AvgIpc) is 2.69. The van der Waals surface area contributed by atoms with Gasteiger partial charge in [0.15, 0.2) is 0 Å². The van der Waals surface area contributed by atoms with Gasteiger partial charge in [0.1, 0.15) is 6.10 Å². The minimum absolute atomic E-state index is 0.0404. The first-order valence-electron chi connectivity index (χ1n) is 7.33. The molecule has 2 fully saturated rings. The van der Waals surface area contributed by atoms with Crippen LogP contribution in [0.25, 0.3) is 0 Å². The van der Waals surface area contributed by atoms with E-state index in [-0.39, 0.29) is 17.4 Å². The summed E-state index contributed by atoms with van der Waals surface area (Å²) in [5, 5.41) is 10.4. The molecule has 1 aromatic rings. The molecule has 0 unspecified atom stereocenters. The molecule has 2 aliphatic heterocycles. The fourth-order valence-corrected chi connectivity index (χ4v) is 4.65. The molecule has 19 heavy (non-hydrogen) atoms. The van der Waals surface area contributed by atoms with Gasteiger partial charge in [-0.05, 0) is 30.4 Å². The third-order valence-corrected chi connectivity index (χ3v) is 5.41. The second kappa shape index (κ2) is 3.83. The number of nitrogens with zero attached hydrogens (tertiary/aromatic N) is 1. The first-order chi connectivity index (χ1) is 9.25. The van der Waals surface area contributed by atoms with Gasteiger partial charge in [-0.3, -0.25) is 4.79 Å². The monoisotopic (exact) mass is 257 g/mol. The normalized spacial score (nSPS) is 36.7. The zero-order chi connectivity index (χ0) is 13.0. The molecular weight excluding hydrogens is 238 g/mol. The Labute approximate surface area is 113 Å². The number of aliphatic hydroxyl groups excluding tert-OH is 1. The van der Waals surface area contributed by atoms with E-state index in [0.717, 1.165) is 38.6 Å². The Morgan fingerprint density at radius 1 is 1.26 bits per heavy atom. The lowest BCUT2D eigenvalue weighted by atomic mass is 9.66. The second-order valence-electron chi connectivity index (χ2n) is 6.12. The molecule has 3 heteroatoms. The van der Waals surface area contributed by atoms with E-state index in [1.54, 1.807) is 0 Å². The second-order valence-corrected chi connectivity index (χ2v) is 6.12. The van der Waals surface area contributed by atoms with Crippen molar-refractivity contribution < 1.29 is 9.90 Å². The number of carbonyl (C=O) groups is 1. The highest BCUT2D eigenvalue weighted by Gasteiger charge is 2.60. The Kier molecular flexibility index (Phi) is 2.31. The minimum atomic E-state index is -0.786. The molecule has 100 valence electrons. The van der Waals surface area contributed by atoms with Crippen LogP contribution in [0.1, 0.15) is 36.8 Å². The number of rotatable bonds is 0. The Hall–Kier alpha value is -1.35.